The third-order valence-corrected chi connectivity index (χ3v) is 2.08. The van der Waals surface area contributed by atoms with Gasteiger partial charge in [-0.3, -0.25) is 30.3 Å². The Labute approximate surface area is 140 Å². The van der Waals surface area contributed by atoms with E-state index in [4.69, 9.17) is 0 Å². The number of hydrogen-bond acceptors (Lipinski definition) is 6. The highest BCUT2D eigenvalue weighted by atomic mass is 19.4. The quantitative estimate of drug-likeness (QED) is 0.642. The summed E-state index contributed by atoms with van der Waals surface area (Å²) in [5, 5.41) is 2.69. The molecule has 18 heteroatoms. The average Bonchev–Trinajstić information content (AvgIpc) is 2.43. The SMILES string of the molecule is O=C(Nc1nc(NC(=O)C(F)(F)F)nc(NC(=O)C(F)(F)F)n1)C(F)(F)F. The van der Waals surface area contributed by atoms with E-state index in [0.717, 1.165) is 16.0 Å². The summed E-state index contributed by atoms with van der Waals surface area (Å²) >= 11 is 0. The summed E-state index contributed by atoms with van der Waals surface area (Å²) in [6, 6.07) is 0. The van der Waals surface area contributed by atoms with Gasteiger partial charge in [0, 0.05) is 0 Å². The van der Waals surface area contributed by atoms with Crippen molar-refractivity contribution in [3.63, 3.8) is 0 Å². The molecular formula is C9H3F9N6O3. The van der Waals surface area contributed by atoms with E-state index in [1.54, 1.807) is 0 Å². The summed E-state index contributed by atoms with van der Waals surface area (Å²) in [7, 11) is 0. The van der Waals surface area contributed by atoms with Gasteiger partial charge in [-0.15, -0.1) is 0 Å². The van der Waals surface area contributed by atoms with Crippen LogP contribution in [0.1, 0.15) is 0 Å². The number of nitrogens with zero attached hydrogens (tertiary/aromatic N) is 3. The molecule has 0 aliphatic rings. The highest BCUT2D eigenvalue weighted by molar-refractivity contribution is 5.96. The van der Waals surface area contributed by atoms with Gasteiger partial charge in [0.15, 0.2) is 0 Å². The van der Waals surface area contributed by atoms with Crippen LogP contribution in [0, 0.1) is 0 Å². The van der Waals surface area contributed by atoms with Crippen molar-refractivity contribution in [1.29, 1.82) is 0 Å². The molecule has 150 valence electrons. The van der Waals surface area contributed by atoms with Gasteiger partial charge < -0.3 is 0 Å². The molecule has 1 aromatic heterocycles. The molecule has 0 saturated heterocycles. The van der Waals surface area contributed by atoms with E-state index in [1.807, 2.05) is 0 Å². The van der Waals surface area contributed by atoms with Crippen LogP contribution < -0.4 is 16.0 Å². The van der Waals surface area contributed by atoms with Crippen LogP contribution in [0.2, 0.25) is 0 Å². The monoisotopic (exact) mass is 414 g/mol. The molecule has 0 spiro atoms. The van der Waals surface area contributed by atoms with E-state index in [1.165, 1.54) is 0 Å². The first kappa shape index (κ1) is 21.8. The molecule has 0 aliphatic carbocycles. The lowest BCUT2D eigenvalue weighted by molar-refractivity contribution is -0.167. The Balaban J connectivity index is 3.24. The fourth-order valence-electron chi connectivity index (χ4n) is 1.06. The second kappa shape index (κ2) is 7.19. The summed E-state index contributed by atoms with van der Waals surface area (Å²) in [5.74, 6) is -12.8. The lowest BCUT2D eigenvalue weighted by atomic mass is 10.5. The number of carbonyl (C=O) groups is 3. The maximum absolute atomic E-state index is 12.1. The van der Waals surface area contributed by atoms with Crippen LogP contribution in [0.3, 0.4) is 0 Å². The second-order valence-corrected chi connectivity index (χ2v) is 4.16. The van der Waals surface area contributed by atoms with Crippen LogP contribution in [-0.2, 0) is 14.4 Å². The molecule has 0 saturated carbocycles. The van der Waals surface area contributed by atoms with Crippen LogP contribution in [0.15, 0.2) is 0 Å². The summed E-state index contributed by atoms with van der Waals surface area (Å²) in [6.45, 7) is 0. The largest absolute Gasteiger partial charge is 0.471 e. The van der Waals surface area contributed by atoms with Crippen molar-refractivity contribution in [2.75, 3.05) is 16.0 Å². The lowest BCUT2D eigenvalue weighted by Crippen LogP contribution is -2.34. The topological polar surface area (TPSA) is 126 Å². The molecule has 1 heterocycles. The number of alkyl halides is 9. The van der Waals surface area contributed by atoms with Crippen LogP contribution in [0.5, 0.6) is 0 Å². The Bertz CT molecular complexity index is 645. The van der Waals surface area contributed by atoms with E-state index in [9.17, 15) is 53.9 Å². The molecule has 0 aliphatic heterocycles. The molecule has 0 radical (unpaired) electrons. The molecule has 0 atom stereocenters. The summed E-state index contributed by atoms with van der Waals surface area (Å²) in [4.78, 5) is 40.6. The minimum Gasteiger partial charge on any atom is -0.286 e. The zero-order valence-corrected chi connectivity index (χ0v) is 12.0. The Kier molecular flexibility index (Phi) is 5.81. The number of hydrogen-bond donors (Lipinski definition) is 3. The van der Waals surface area contributed by atoms with E-state index in [2.05, 4.69) is 15.0 Å². The number of aromatic nitrogens is 3. The number of rotatable bonds is 3. The summed E-state index contributed by atoms with van der Waals surface area (Å²) in [5.41, 5.74) is 0. The van der Waals surface area contributed by atoms with Gasteiger partial charge in [0.1, 0.15) is 0 Å². The molecule has 27 heavy (non-hydrogen) atoms. The van der Waals surface area contributed by atoms with Crippen molar-refractivity contribution in [3.8, 4) is 0 Å². The van der Waals surface area contributed by atoms with Gasteiger partial charge in [-0.1, -0.05) is 0 Å². The van der Waals surface area contributed by atoms with E-state index in [0.29, 0.717) is 0 Å². The van der Waals surface area contributed by atoms with Crippen LogP contribution >= 0.6 is 0 Å². The molecule has 0 unspecified atom stereocenters. The molecule has 0 bridgehead atoms. The highest BCUT2D eigenvalue weighted by Crippen LogP contribution is 2.21. The van der Waals surface area contributed by atoms with Crippen molar-refractivity contribution >= 4 is 35.6 Å². The fourth-order valence-corrected chi connectivity index (χ4v) is 1.06. The first-order chi connectivity index (χ1) is 12.0. The molecule has 3 amide bonds. The van der Waals surface area contributed by atoms with Crippen molar-refractivity contribution in [2.24, 2.45) is 0 Å². The maximum Gasteiger partial charge on any atom is 0.471 e. The van der Waals surface area contributed by atoms with Crippen LogP contribution in [-0.4, -0.2) is 51.2 Å². The Morgan fingerprint density at radius 1 is 0.519 bits per heavy atom. The van der Waals surface area contributed by atoms with Crippen molar-refractivity contribution < 1.29 is 53.9 Å². The third-order valence-electron chi connectivity index (χ3n) is 2.08. The molecule has 1 aromatic rings. The average molecular weight is 414 g/mol. The first-order valence-electron chi connectivity index (χ1n) is 5.90. The standard InChI is InChI=1S/C9H3F9N6O3/c10-7(11,12)1(25)19-4-22-5(20-2(26)8(13,14)15)24-6(23-4)21-3(27)9(16,17)18/h(H3,19,20,21,22,23,24,25,26,27). The Morgan fingerprint density at radius 3 is 0.852 bits per heavy atom. The molecule has 0 aromatic carbocycles. The molecular weight excluding hydrogens is 411 g/mol. The zero-order valence-electron chi connectivity index (χ0n) is 12.0. The van der Waals surface area contributed by atoms with E-state index in [-0.39, 0.29) is 0 Å². The van der Waals surface area contributed by atoms with Crippen molar-refractivity contribution in [1.82, 2.24) is 15.0 Å². The van der Waals surface area contributed by atoms with Crippen LogP contribution in [0.4, 0.5) is 57.4 Å². The Hall–Kier alpha value is -3.21. The number of amides is 3. The normalized spacial score (nSPS) is 12.3. The minimum atomic E-state index is -5.53. The van der Waals surface area contributed by atoms with Gasteiger partial charge in [0.05, 0.1) is 0 Å². The minimum absolute atomic E-state index is 0.895. The maximum atomic E-state index is 12.1. The molecule has 9 nitrogen and oxygen atoms in total. The zero-order chi connectivity index (χ0) is 21.2. The van der Waals surface area contributed by atoms with Gasteiger partial charge in [0.25, 0.3) is 0 Å². The van der Waals surface area contributed by atoms with E-state index >= 15 is 0 Å². The predicted octanol–water partition coefficient (Wildman–Crippen LogP) is 1.37. The summed E-state index contributed by atoms with van der Waals surface area (Å²) < 4.78 is 109. The number of halogens is 9. The second-order valence-electron chi connectivity index (χ2n) is 4.16. The fraction of sp³-hybridized carbons (Fsp3) is 0.333. The summed E-state index contributed by atoms with van der Waals surface area (Å²) in [6.07, 6.45) is -16.6. The van der Waals surface area contributed by atoms with Crippen molar-refractivity contribution in [3.05, 3.63) is 0 Å². The van der Waals surface area contributed by atoms with Gasteiger partial charge in [0.2, 0.25) is 17.8 Å². The third kappa shape index (κ3) is 6.55. The molecule has 1 rings (SSSR count). The lowest BCUT2D eigenvalue weighted by Gasteiger charge is -2.12. The first-order valence-corrected chi connectivity index (χ1v) is 5.90. The van der Waals surface area contributed by atoms with Gasteiger partial charge >= 0.3 is 36.3 Å². The number of anilines is 3. The van der Waals surface area contributed by atoms with Gasteiger partial charge in [-0.05, 0) is 0 Å². The van der Waals surface area contributed by atoms with Crippen molar-refractivity contribution in [2.45, 2.75) is 18.5 Å². The van der Waals surface area contributed by atoms with Gasteiger partial charge in [-0.25, -0.2) is 0 Å². The van der Waals surface area contributed by atoms with E-state index < -0.39 is 54.1 Å². The number of carbonyl (C=O) groups excluding carboxylic acids is 3. The Morgan fingerprint density at radius 2 is 0.704 bits per heavy atom. The van der Waals surface area contributed by atoms with Gasteiger partial charge in [-0.2, -0.15) is 54.5 Å². The number of nitrogens with one attached hydrogen (secondary N) is 3. The highest BCUT2D eigenvalue weighted by Gasteiger charge is 2.42. The molecule has 0 fully saturated rings. The van der Waals surface area contributed by atoms with Crippen LogP contribution in [0.25, 0.3) is 0 Å². The molecule has 3 N–H and O–H groups in total. The smallest absolute Gasteiger partial charge is 0.286 e. The predicted molar refractivity (Wildman–Crippen MR) is 63.9 cm³/mol.